The molecule has 4 heteroatoms. The zero-order valence-electron chi connectivity index (χ0n) is 18.3. The van der Waals surface area contributed by atoms with Crippen LogP contribution >= 0.6 is 0 Å². The van der Waals surface area contributed by atoms with Crippen LogP contribution < -0.4 is 0 Å². The van der Waals surface area contributed by atoms with E-state index in [9.17, 15) is 10.2 Å². The Morgan fingerprint density at radius 3 is 1.08 bits per heavy atom. The number of hydrogen-bond acceptors (Lipinski definition) is 4. The number of rotatable bonds is 4. The summed E-state index contributed by atoms with van der Waals surface area (Å²) in [6.45, 7) is 19.7. The maximum Gasteiger partial charge on any atom is 0.0575 e. The van der Waals surface area contributed by atoms with Crippen LogP contribution in [0.5, 0.6) is 0 Å². The second-order valence-corrected chi connectivity index (χ2v) is 11.1. The summed E-state index contributed by atoms with van der Waals surface area (Å²) in [7, 11) is 0. The second kappa shape index (κ2) is 7.20. The highest BCUT2D eigenvalue weighted by atomic mass is 16.3. The lowest BCUT2D eigenvalue weighted by molar-refractivity contribution is -0.0762. The topological polar surface area (TPSA) is 46.9 Å². The average molecular weight is 367 g/mol. The van der Waals surface area contributed by atoms with Gasteiger partial charge < -0.3 is 10.2 Å². The first-order valence-electron chi connectivity index (χ1n) is 10.2. The summed E-state index contributed by atoms with van der Waals surface area (Å²) < 4.78 is 0. The first kappa shape index (κ1) is 21.9. The van der Waals surface area contributed by atoms with Crippen molar-refractivity contribution in [1.29, 1.82) is 0 Å². The van der Waals surface area contributed by atoms with E-state index in [2.05, 4.69) is 77.3 Å². The van der Waals surface area contributed by atoms with Crippen molar-refractivity contribution in [2.24, 2.45) is 0 Å². The third kappa shape index (κ3) is 4.70. The Labute approximate surface area is 161 Å². The second-order valence-electron chi connectivity index (χ2n) is 11.1. The first-order chi connectivity index (χ1) is 11.7. The number of piperidine rings is 2. The van der Waals surface area contributed by atoms with Gasteiger partial charge in [0.15, 0.2) is 0 Å². The molecule has 0 spiro atoms. The summed E-state index contributed by atoms with van der Waals surface area (Å²) in [6, 6.07) is 0. The van der Waals surface area contributed by atoms with E-state index in [0.29, 0.717) is 0 Å². The number of hydrogen-bond donors (Lipinski definition) is 2. The fraction of sp³-hybridized carbons (Fsp3) is 0.909. The number of aliphatic hydroxyl groups excluding tert-OH is 2. The van der Waals surface area contributed by atoms with Gasteiger partial charge in [-0.25, -0.2) is 0 Å². The van der Waals surface area contributed by atoms with Gasteiger partial charge in [0.25, 0.3) is 0 Å². The zero-order chi connectivity index (χ0) is 20.0. The van der Waals surface area contributed by atoms with Crippen LogP contribution in [-0.4, -0.2) is 67.5 Å². The van der Waals surface area contributed by atoms with Crippen LogP contribution in [0, 0.1) is 0 Å². The fourth-order valence-electron chi connectivity index (χ4n) is 5.88. The molecular weight excluding hydrogens is 324 g/mol. The van der Waals surface area contributed by atoms with Crippen LogP contribution in [0.1, 0.15) is 81.1 Å². The van der Waals surface area contributed by atoms with Crippen LogP contribution in [0.25, 0.3) is 0 Å². The predicted molar refractivity (Wildman–Crippen MR) is 109 cm³/mol. The highest BCUT2D eigenvalue weighted by molar-refractivity contribution is 5.06. The molecule has 2 heterocycles. The van der Waals surface area contributed by atoms with Gasteiger partial charge in [-0.3, -0.25) is 9.80 Å². The maximum absolute atomic E-state index is 10.2. The van der Waals surface area contributed by atoms with Crippen molar-refractivity contribution in [2.45, 2.75) is 115 Å². The molecule has 0 aromatic heterocycles. The lowest BCUT2D eigenvalue weighted by Gasteiger charge is -2.54. The average Bonchev–Trinajstić information content (AvgIpc) is 2.35. The Balaban J connectivity index is 2.04. The number of nitrogens with zero attached hydrogens (tertiary/aromatic N) is 2. The molecule has 0 atom stereocenters. The fourth-order valence-corrected chi connectivity index (χ4v) is 5.88. The molecule has 2 N–H and O–H groups in total. The standard InChI is InChI=1S/C22H42N2O2/c1-19(2)13-17(25)14-20(3,4)23(19)11-9-10-12-24-21(5,6)15-18(26)16-22(24,7)8/h9-10,17-18,25-26H,11-16H2,1-8H3/b10-9+. The van der Waals surface area contributed by atoms with Crippen LogP contribution in [0.2, 0.25) is 0 Å². The van der Waals surface area contributed by atoms with E-state index in [1.807, 2.05) is 0 Å². The van der Waals surface area contributed by atoms with Crippen molar-refractivity contribution < 1.29 is 10.2 Å². The van der Waals surface area contributed by atoms with E-state index >= 15 is 0 Å². The molecule has 0 radical (unpaired) electrons. The molecule has 0 aliphatic carbocycles. The van der Waals surface area contributed by atoms with E-state index in [1.165, 1.54) is 0 Å². The van der Waals surface area contributed by atoms with Gasteiger partial charge in [0.05, 0.1) is 12.2 Å². The van der Waals surface area contributed by atoms with Crippen LogP contribution in [0.3, 0.4) is 0 Å². The number of aliphatic hydroxyl groups is 2. The van der Waals surface area contributed by atoms with Crippen molar-refractivity contribution in [3.05, 3.63) is 12.2 Å². The minimum Gasteiger partial charge on any atom is -0.393 e. The molecule has 0 bridgehead atoms. The smallest absolute Gasteiger partial charge is 0.0575 e. The Hall–Kier alpha value is -0.420. The van der Waals surface area contributed by atoms with Crippen molar-refractivity contribution in [2.75, 3.05) is 13.1 Å². The van der Waals surface area contributed by atoms with Gasteiger partial charge in [0, 0.05) is 35.2 Å². The summed E-state index contributed by atoms with van der Waals surface area (Å²) in [6.07, 6.45) is 7.48. The Kier molecular flexibility index (Phi) is 6.05. The first-order valence-corrected chi connectivity index (χ1v) is 10.2. The molecule has 4 nitrogen and oxygen atoms in total. The molecule has 0 unspecified atom stereocenters. The molecule has 2 aliphatic heterocycles. The van der Waals surface area contributed by atoms with Crippen molar-refractivity contribution in [3.8, 4) is 0 Å². The Bertz CT molecular complexity index is 440. The molecule has 26 heavy (non-hydrogen) atoms. The zero-order valence-corrected chi connectivity index (χ0v) is 18.3. The van der Waals surface area contributed by atoms with Crippen LogP contribution in [-0.2, 0) is 0 Å². The van der Waals surface area contributed by atoms with Gasteiger partial charge >= 0.3 is 0 Å². The Morgan fingerprint density at radius 1 is 0.615 bits per heavy atom. The highest BCUT2D eigenvalue weighted by Crippen LogP contribution is 2.39. The molecule has 2 fully saturated rings. The van der Waals surface area contributed by atoms with Gasteiger partial charge in [-0.05, 0) is 81.1 Å². The quantitative estimate of drug-likeness (QED) is 0.747. The normalized spacial score (nSPS) is 30.1. The predicted octanol–water partition coefficient (Wildman–Crippen LogP) is 3.57. The van der Waals surface area contributed by atoms with Gasteiger partial charge in [-0.1, -0.05) is 12.2 Å². The van der Waals surface area contributed by atoms with Gasteiger partial charge in [0.1, 0.15) is 0 Å². The highest BCUT2D eigenvalue weighted by Gasteiger charge is 2.45. The molecule has 0 amide bonds. The van der Waals surface area contributed by atoms with Crippen LogP contribution in [0.15, 0.2) is 12.2 Å². The van der Waals surface area contributed by atoms with E-state index in [0.717, 1.165) is 38.8 Å². The minimum atomic E-state index is -0.207. The molecule has 2 rings (SSSR count). The molecule has 2 aliphatic rings. The van der Waals surface area contributed by atoms with Gasteiger partial charge in [-0.2, -0.15) is 0 Å². The van der Waals surface area contributed by atoms with Gasteiger partial charge in [-0.15, -0.1) is 0 Å². The molecule has 0 saturated carbocycles. The SMILES string of the molecule is CC1(C)CC(O)CC(C)(C)N1C/C=C/CN1C(C)(C)CC(O)CC1(C)C. The van der Waals surface area contributed by atoms with Crippen molar-refractivity contribution in [3.63, 3.8) is 0 Å². The van der Waals surface area contributed by atoms with Crippen molar-refractivity contribution >= 4 is 0 Å². The molecule has 2 saturated heterocycles. The largest absolute Gasteiger partial charge is 0.393 e. The summed E-state index contributed by atoms with van der Waals surface area (Å²) in [5, 5.41) is 20.4. The van der Waals surface area contributed by atoms with Crippen molar-refractivity contribution in [1.82, 2.24) is 9.80 Å². The summed E-state index contributed by atoms with van der Waals surface area (Å²) >= 11 is 0. The molecule has 152 valence electrons. The van der Waals surface area contributed by atoms with Crippen LogP contribution in [0.4, 0.5) is 0 Å². The molecule has 0 aromatic carbocycles. The van der Waals surface area contributed by atoms with E-state index in [4.69, 9.17) is 0 Å². The van der Waals surface area contributed by atoms with E-state index in [-0.39, 0.29) is 34.4 Å². The number of likely N-dealkylation sites (tertiary alicyclic amines) is 2. The summed E-state index contributed by atoms with van der Waals surface area (Å²) in [5.74, 6) is 0. The van der Waals surface area contributed by atoms with E-state index < -0.39 is 0 Å². The molecule has 0 aromatic rings. The Morgan fingerprint density at radius 2 is 0.846 bits per heavy atom. The van der Waals surface area contributed by atoms with E-state index in [1.54, 1.807) is 0 Å². The summed E-state index contributed by atoms with van der Waals surface area (Å²) in [4.78, 5) is 5.05. The lowest BCUT2D eigenvalue weighted by Crippen LogP contribution is -2.62. The lowest BCUT2D eigenvalue weighted by atomic mass is 9.78. The maximum atomic E-state index is 10.2. The summed E-state index contributed by atoms with van der Waals surface area (Å²) in [5.41, 5.74) is -0.00285. The molecular formula is C22H42N2O2. The third-order valence-corrected chi connectivity index (χ3v) is 6.61. The third-order valence-electron chi connectivity index (χ3n) is 6.61. The van der Waals surface area contributed by atoms with Gasteiger partial charge in [0.2, 0.25) is 0 Å². The monoisotopic (exact) mass is 366 g/mol. The minimum absolute atomic E-state index is 0.000712.